The molecule has 32 heavy (non-hydrogen) atoms. The first kappa shape index (κ1) is 22.7. The number of aromatic amines is 1. The molecule has 0 bridgehead atoms. The number of hydrogen-bond acceptors (Lipinski definition) is 4. The quantitative estimate of drug-likeness (QED) is 0.594. The maximum Gasteiger partial charge on any atom is 0.276 e. The lowest BCUT2D eigenvalue weighted by atomic mass is 9.83. The summed E-state index contributed by atoms with van der Waals surface area (Å²) in [4.78, 5) is 14.1. The third-order valence-corrected chi connectivity index (χ3v) is 6.73. The van der Waals surface area contributed by atoms with Crippen molar-refractivity contribution in [3.05, 3.63) is 45.5 Å². The zero-order valence-electron chi connectivity index (χ0n) is 18.6. The van der Waals surface area contributed by atoms with E-state index in [1.165, 1.54) is 11.7 Å². The molecular weight excluding hydrogens is 438 g/mol. The second-order valence-electron chi connectivity index (χ2n) is 8.87. The first-order chi connectivity index (χ1) is 15.1. The van der Waals surface area contributed by atoms with Crippen molar-refractivity contribution in [1.29, 1.82) is 0 Å². The Bertz CT molecular complexity index is 1200. The molecule has 3 aromatic rings. The van der Waals surface area contributed by atoms with Gasteiger partial charge >= 0.3 is 0 Å². The molecule has 0 radical (unpaired) electrons. The second kappa shape index (κ2) is 8.48. The molecule has 2 aromatic heterocycles. The molecule has 1 N–H and O–H groups in total. The Kier molecular flexibility index (Phi) is 6.02. The van der Waals surface area contributed by atoms with E-state index in [2.05, 4.69) is 10.2 Å². The molecule has 0 aliphatic carbocycles. The number of nitrogens with zero attached hydrogens (tertiary/aromatic N) is 3. The predicted octanol–water partition coefficient (Wildman–Crippen LogP) is 4.70. The molecule has 1 saturated heterocycles. The summed E-state index contributed by atoms with van der Waals surface area (Å²) in [6.45, 7) is 4.26. The van der Waals surface area contributed by atoms with Gasteiger partial charge in [0, 0.05) is 47.2 Å². The van der Waals surface area contributed by atoms with Gasteiger partial charge in [0.05, 0.1) is 19.9 Å². The summed E-state index contributed by atoms with van der Waals surface area (Å²) in [6, 6.07) is 3.61. The van der Waals surface area contributed by atoms with E-state index in [1.54, 1.807) is 30.4 Å². The lowest BCUT2D eigenvalue weighted by Crippen LogP contribution is -2.49. The van der Waals surface area contributed by atoms with E-state index in [9.17, 15) is 13.6 Å². The Hall–Kier alpha value is -2.45. The number of H-pyrrole nitrogens is 1. The summed E-state index contributed by atoms with van der Waals surface area (Å²) in [5.74, 6) is -2.90. The highest BCUT2D eigenvalue weighted by atomic mass is 35.5. The minimum Gasteiger partial charge on any atom is -0.496 e. The molecule has 1 aromatic carbocycles. The molecular formula is C23H27ClF2N4O2. The van der Waals surface area contributed by atoms with Crippen LogP contribution in [0.4, 0.5) is 8.78 Å². The van der Waals surface area contributed by atoms with Gasteiger partial charge in [0.1, 0.15) is 11.3 Å². The molecule has 3 heterocycles. The van der Waals surface area contributed by atoms with Crippen LogP contribution in [0, 0.1) is 11.8 Å². The van der Waals surface area contributed by atoms with Crippen LogP contribution in [0.15, 0.2) is 29.3 Å². The number of nitrogens with one attached hydrogen (secondary N) is 1. The third-order valence-electron chi connectivity index (χ3n) is 6.39. The fraction of sp³-hybridized carbons (Fsp3) is 0.478. The Morgan fingerprint density at radius 1 is 1.38 bits per heavy atom. The molecule has 0 amide bonds. The van der Waals surface area contributed by atoms with Crippen LogP contribution < -0.4 is 10.3 Å². The Morgan fingerprint density at radius 2 is 2.12 bits per heavy atom. The van der Waals surface area contributed by atoms with E-state index < -0.39 is 11.8 Å². The van der Waals surface area contributed by atoms with Crippen molar-refractivity contribution in [1.82, 2.24) is 19.7 Å². The predicted molar refractivity (Wildman–Crippen MR) is 122 cm³/mol. The third kappa shape index (κ3) is 4.01. The Morgan fingerprint density at radius 3 is 2.78 bits per heavy atom. The van der Waals surface area contributed by atoms with E-state index in [-0.39, 0.29) is 24.6 Å². The number of halogens is 3. The number of aromatic nitrogens is 3. The standard InChI is InChI=1S/C23H27ClF2N4O2/c1-13(2)18-5-6-30(12-23(18,25)26)11-17-19(24)7-14(8-20(17)32-4)16-10-29(3)22(31)21-15(16)9-27-28-21/h7-10,13,18H,5-6,11-12H2,1-4H3,(H,27,28). The maximum atomic E-state index is 14.7. The Labute approximate surface area is 190 Å². The lowest BCUT2D eigenvalue weighted by Gasteiger charge is -2.40. The number of fused-ring (bicyclic) bond motifs is 1. The number of likely N-dealkylation sites (tertiary alicyclic amines) is 1. The van der Waals surface area contributed by atoms with Crippen LogP contribution in [0.3, 0.4) is 0 Å². The number of rotatable bonds is 5. The number of hydrogen-bond donors (Lipinski definition) is 1. The summed E-state index contributed by atoms with van der Waals surface area (Å²) in [7, 11) is 3.20. The fourth-order valence-electron chi connectivity index (χ4n) is 4.69. The topological polar surface area (TPSA) is 63.1 Å². The van der Waals surface area contributed by atoms with E-state index in [0.717, 1.165) is 11.1 Å². The highest BCUT2D eigenvalue weighted by Crippen LogP contribution is 2.40. The first-order valence-electron chi connectivity index (χ1n) is 10.6. The lowest BCUT2D eigenvalue weighted by molar-refractivity contribution is -0.126. The maximum absolute atomic E-state index is 14.7. The monoisotopic (exact) mass is 464 g/mol. The van der Waals surface area contributed by atoms with Gasteiger partial charge in [0.2, 0.25) is 0 Å². The van der Waals surface area contributed by atoms with E-state index in [4.69, 9.17) is 16.3 Å². The average Bonchev–Trinajstić information content (AvgIpc) is 3.21. The molecule has 1 aliphatic heterocycles. The summed E-state index contributed by atoms with van der Waals surface area (Å²) < 4.78 is 36.4. The van der Waals surface area contributed by atoms with E-state index >= 15 is 0 Å². The largest absolute Gasteiger partial charge is 0.496 e. The fourth-order valence-corrected chi connectivity index (χ4v) is 4.96. The van der Waals surface area contributed by atoms with Gasteiger partial charge in [-0.2, -0.15) is 5.10 Å². The second-order valence-corrected chi connectivity index (χ2v) is 9.27. The molecule has 4 rings (SSSR count). The zero-order chi connectivity index (χ0) is 23.2. The number of piperidine rings is 1. The van der Waals surface area contributed by atoms with Gasteiger partial charge in [-0.25, -0.2) is 8.78 Å². The van der Waals surface area contributed by atoms with Crippen molar-refractivity contribution in [2.45, 2.75) is 32.7 Å². The van der Waals surface area contributed by atoms with Crippen LogP contribution in [0.25, 0.3) is 22.0 Å². The van der Waals surface area contributed by atoms with Gasteiger partial charge in [-0.15, -0.1) is 0 Å². The van der Waals surface area contributed by atoms with Gasteiger partial charge in [-0.1, -0.05) is 25.4 Å². The van der Waals surface area contributed by atoms with Crippen LogP contribution in [0.1, 0.15) is 25.8 Å². The van der Waals surface area contributed by atoms with Gasteiger partial charge in [-0.05, 0) is 36.6 Å². The van der Waals surface area contributed by atoms with E-state index in [1.807, 2.05) is 19.9 Å². The van der Waals surface area contributed by atoms with Crippen LogP contribution in [-0.2, 0) is 13.6 Å². The summed E-state index contributed by atoms with van der Waals surface area (Å²) >= 11 is 6.64. The molecule has 1 fully saturated rings. The van der Waals surface area contributed by atoms with Crippen LogP contribution in [0.5, 0.6) is 5.75 Å². The number of methoxy groups -OCH3 is 1. The average molecular weight is 465 g/mol. The highest BCUT2D eigenvalue weighted by Gasteiger charge is 2.45. The minimum atomic E-state index is -2.74. The number of benzene rings is 1. The SMILES string of the molecule is COc1cc(-c2cn(C)c(=O)c3[nH]ncc23)cc(Cl)c1CN1CCC(C(C)C)C(F)(F)C1. The minimum absolute atomic E-state index is 0.0637. The molecule has 1 atom stereocenters. The van der Waals surface area contributed by atoms with Gasteiger partial charge in [-0.3, -0.25) is 14.8 Å². The Balaban J connectivity index is 1.68. The van der Waals surface area contributed by atoms with Crippen LogP contribution in [-0.4, -0.2) is 45.8 Å². The molecule has 1 unspecified atom stereocenters. The van der Waals surface area contributed by atoms with Gasteiger partial charge in [0.25, 0.3) is 11.5 Å². The van der Waals surface area contributed by atoms with Crippen LogP contribution >= 0.6 is 11.6 Å². The van der Waals surface area contributed by atoms with Crippen molar-refractivity contribution in [2.24, 2.45) is 18.9 Å². The van der Waals surface area contributed by atoms with Crippen LogP contribution in [0.2, 0.25) is 5.02 Å². The molecule has 6 nitrogen and oxygen atoms in total. The summed E-state index contributed by atoms with van der Waals surface area (Å²) in [5, 5.41) is 7.85. The smallest absolute Gasteiger partial charge is 0.276 e. The number of ether oxygens (including phenoxy) is 1. The zero-order valence-corrected chi connectivity index (χ0v) is 19.3. The van der Waals surface area contributed by atoms with Gasteiger partial charge in [0.15, 0.2) is 0 Å². The molecule has 1 aliphatic rings. The molecule has 9 heteroatoms. The first-order valence-corrected chi connectivity index (χ1v) is 11.0. The van der Waals surface area contributed by atoms with Crippen molar-refractivity contribution in [3.63, 3.8) is 0 Å². The van der Waals surface area contributed by atoms with Crippen molar-refractivity contribution in [2.75, 3.05) is 20.2 Å². The van der Waals surface area contributed by atoms with Crippen molar-refractivity contribution in [3.8, 4) is 16.9 Å². The van der Waals surface area contributed by atoms with Gasteiger partial charge < -0.3 is 9.30 Å². The molecule has 172 valence electrons. The van der Waals surface area contributed by atoms with Crippen molar-refractivity contribution < 1.29 is 13.5 Å². The number of pyridine rings is 1. The highest BCUT2D eigenvalue weighted by molar-refractivity contribution is 6.32. The summed E-state index contributed by atoms with van der Waals surface area (Å²) in [6.07, 6.45) is 3.77. The number of alkyl halides is 2. The van der Waals surface area contributed by atoms with Crippen molar-refractivity contribution >= 4 is 22.5 Å². The normalized spacial score (nSPS) is 19.1. The molecule has 0 saturated carbocycles. The number of aryl methyl sites for hydroxylation is 1. The van der Waals surface area contributed by atoms with E-state index in [0.29, 0.717) is 40.2 Å². The molecule has 0 spiro atoms. The summed E-state index contributed by atoms with van der Waals surface area (Å²) in [5.41, 5.74) is 2.42.